The zero-order valence-corrected chi connectivity index (χ0v) is 10.4. The highest BCUT2D eigenvalue weighted by Gasteiger charge is 2.06. The quantitative estimate of drug-likeness (QED) is 0.590. The fraction of sp³-hybridized carbons (Fsp3) is 0.300. The molecule has 0 bridgehead atoms. The van der Waals surface area contributed by atoms with Crippen molar-refractivity contribution in [3.8, 4) is 0 Å². The fourth-order valence-electron chi connectivity index (χ4n) is 1.01. The molecule has 88 valence electrons. The van der Waals surface area contributed by atoms with Crippen molar-refractivity contribution in [3.63, 3.8) is 0 Å². The third kappa shape index (κ3) is 4.16. The molecule has 0 heterocycles. The fourth-order valence-corrected chi connectivity index (χ4v) is 1.35. The van der Waals surface area contributed by atoms with Gasteiger partial charge in [0.2, 0.25) is 0 Å². The maximum absolute atomic E-state index is 13.3. The van der Waals surface area contributed by atoms with Crippen molar-refractivity contribution < 1.29 is 9.18 Å². The highest BCUT2D eigenvalue weighted by Crippen LogP contribution is 2.18. The van der Waals surface area contributed by atoms with Crippen LogP contribution < -0.4 is 16.2 Å². The van der Waals surface area contributed by atoms with Crippen molar-refractivity contribution in [2.24, 2.45) is 0 Å². The van der Waals surface area contributed by atoms with Crippen LogP contribution in [0.5, 0.6) is 0 Å². The molecule has 1 rings (SSSR count). The van der Waals surface area contributed by atoms with E-state index in [4.69, 9.17) is 0 Å². The van der Waals surface area contributed by atoms with Crippen molar-refractivity contribution in [2.45, 2.75) is 13.3 Å². The summed E-state index contributed by atoms with van der Waals surface area (Å²) in [6, 6.07) is 3.93. The van der Waals surface area contributed by atoms with E-state index in [1.165, 1.54) is 12.1 Å². The monoisotopic (exact) mass is 289 g/mol. The second kappa shape index (κ2) is 6.44. The van der Waals surface area contributed by atoms with E-state index < -0.39 is 11.8 Å². The minimum absolute atomic E-state index is 0.138. The summed E-state index contributed by atoms with van der Waals surface area (Å²) in [5.41, 5.74) is 5.23. The van der Waals surface area contributed by atoms with Crippen LogP contribution in [-0.4, -0.2) is 12.6 Å². The van der Waals surface area contributed by atoms with E-state index in [-0.39, 0.29) is 5.69 Å². The first-order valence-electron chi connectivity index (χ1n) is 4.88. The topological polar surface area (TPSA) is 53.2 Å². The van der Waals surface area contributed by atoms with Gasteiger partial charge in [-0.05, 0) is 24.6 Å². The smallest absolute Gasteiger partial charge is 0.304 e. The standard InChI is InChI=1S/C10H13BrFN3O/c1-2-5-13-15-10(16)14-9-4-3-7(11)6-8(9)12/h3-4,6,13H,2,5H2,1H3,(H2,14,15,16). The highest BCUT2D eigenvalue weighted by atomic mass is 79.9. The Hall–Kier alpha value is -1.14. The van der Waals surface area contributed by atoms with E-state index in [9.17, 15) is 9.18 Å². The van der Waals surface area contributed by atoms with E-state index >= 15 is 0 Å². The van der Waals surface area contributed by atoms with Crippen LogP contribution >= 0.6 is 15.9 Å². The van der Waals surface area contributed by atoms with Gasteiger partial charge >= 0.3 is 6.03 Å². The number of carbonyl (C=O) groups excluding carboxylic acids is 1. The molecule has 0 aromatic heterocycles. The van der Waals surface area contributed by atoms with E-state index in [2.05, 4.69) is 32.1 Å². The Labute approximate surface area is 102 Å². The molecule has 0 saturated carbocycles. The molecule has 1 aromatic rings. The van der Waals surface area contributed by atoms with Gasteiger partial charge in [-0.25, -0.2) is 14.6 Å². The number of halogens is 2. The highest BCUT2D eigenvalue weighted by molar-refractivity contribution is 9.10. The van der Waals surface area contributed by atoms with Gasteiger partial charge in [0.1, 0.15) is 5.82 Å². The lowest BCUT2D eigenvalue weighted by Gasteiger charge is -2.08. The zero-order chi connectivity index (χ0) is 12.0. The van der Waals surface area contributed by atoms with E-state index in [0.717, 1.165) is 6.42 Å². The molecule has 0 spiro atoms. The van der Waals surface area contributed by atoms with Crippen molar-refractivity contribution in [3.05, 3.63) is 28.5 Å². The molecular formula is C10H13BrFN3O. The lowest BCUT2D eigenvalue weighted by molar-refractivity contribution is 0.248. The number of rotatable bonds is 4. The van der Waals surface area contributed by atoms with Gasteiger partial charge in [0.05, 0.1) is 5.69 Å². The molecule has 0 fully saturated rings. The summed E-state index contributed by atoms with van der Waals surface area (Å²) < 4.78 is 13.9. The predicted octanol–water partition coefficient (Wildman–Crippen LogP) is 2.62. The minimum atomic E-state index is -0.491. The van der Waals surface area contributed by atoms with Crippen LogP contribution in [-0.2, 0) is 0 Å². The van der Waals surface area contributed by atoms with Gasteiger partial charge in [0.15, 0.2) is 0 Å². The van der Waals surface area contributed by atoms with Crippen LogP contribution in [0.15, 0.2) is 22.7 Å². The third-order valence-corrected chi connectivity index (χ3v) is 2.25. The van der Waals surface area contributed by atoms with Crippen molar-refractivity contribution in [1.82, 2.24) is 10.9 Å². The van der Waals surface area contributed by atoms with E-state index in [0.29, 0.717) is 11.0 Å². The van der Waals surface area contributed by atoms with Crippen molar-refractivity contribution in [2.75, 3.05) is 11.9 Å². The largest absolute Gasteiger partial charge is 0.333 e. The van der Waals surface area contributed by atoms with Crippen LogP contribution in [0.4, 0.5) is 14.9 Å². The minimum Gasteiger partial charge on any atom is -0.304 e. The molecule has 0 saturated heterocycles. The number of hydrazine groups is 1. The molecule has 1 aromatic carbocycles. The molecule has 0 atom stereocenters. The predicted molar refractivity (Wildman–Crippen MR) is 64.5 cm³/mol. The Morgan fingerprint density at radius 3 is 2.88 bits per heavy atom. The van der Waals surface area contributed by atoms with Gasteiger partial charge in [0.25, 0.3) is 0 Å². The number of nitrogens with one attached hydrogen (secondary N) is 3. The SMILES string of the molecule is CCCNNC(=O)Nc1ccc(Br)cc1F. The molecule has 0 unspecified atom stereocenters. The molecule has 0 aliphatic rings. The number of hydrogen-bond donors (Lipinski definition) is 3. The summed E-state index contributed by atoms with van der Waals surface area (Å²) in [6.45, 7) is 2.64. The summed E-state index contributed by atoms with van der Waals surface area (Å²) in [4.78, 5) is 11.3. The second-order valence-corrected chi connectivity index (χ2v) is 4.05. The molecular weight excluding hydrogens is 277 g/mol. The maximum atomic E-state index is 13.3. The molecule has 2 amide bonds. The molecule has 3 N–H and O–H groups in total. The third-order valence-electron chi connectivity index (χ3n) is 1.76. The summed E-state index contributed by atoms with van der Waals surface area (Å²) >= 11 is 3.13. The van der Waals surface area contributed by atoms with Crippen molar-refractivity contribution >= 4 is 27.6 Å². The van der Waals surface area contributed by atoms with E-state index in [1.807, 2.05) is 6.92 Å². The number of urea groups is 1. The molecule has 0 aliphatic heterocycles. The molecule has 16 heavy (non-hydrogen) atoms. The first-order chi connectivity index (χ1) is 7.63. The number of anilines is 1. The Balaban J connectivity index is 2.49. The van der Waals surface area contributed by atoms with Gasteiger partial charge in [-0.15, -0.1) is 0 Å². The Bertz CT molecular complexity index is 373. The lowest BCUT2D eigenvalue weighted by atomic mass is 10.3. The van der Waals surface area contributed by atoms with Crippen LogP contribution in [0.25, 0.3) is 0 Å². The number of amides is 2. The van der Waals surface area contributed by atoms with Crippen molar-refractivity contribution in [1.29, 1.82) is 0 Å². The average Bonchev–Trinajstić information content (AvgIpc) is 2.23. The van der Waals surface area contributed by atoms with Gasteiger partial charge in [-0.1, -0.05) is 22.9 Å². The maximum Gasteiger partial charge on any atom is 0.333 e. The van der Waals surface area contributed by atoms with Gasteiger partial charge in [0, 0.05) is 11.0 Å². The number of carbonyl (C=O) groups is 1. The normalized spacial score (nSPS) is 9.94. The Morgan fingerprint density at radius 1 is 1.50 bits per heavy atom. The van der Waals surface area contributed by atoms with Crippen LogP contribution in [0.1, 0.15) is 13.3 Å². The number of hydrogen-bond acceptors (Lipinski definition) is 2. The molecule has 0 aliphatic carbocycles. The van der Waals surface area contributed by atoms with E-state index in [1.54, 1.807) is 6.07 Å². The van der Waals surface area contributed by atoms with Crippen LogP contribution in [0, 0.1) is 5.82 Å². The Morgan fingerprint density at radius 2 is 2.25 bits per heavy atom. The van der Waals surface area contributed by atoms with Gasteiger partial charge in [-0.2, -0.15) is 0 Å². The van der Waals surface area contributed by atoms with Crippen LogP contribution in [0.3, 0.4) is 0 Å². The Kier molecular flexibility index (Phi) is 5.21. The lowest BCUT2D eigenvalue weighted by Crippen LogP contribution is -2.40. The second-order valence-electron chi connectivity index (χ2n) is 3.13. The van der Waals surface area contributed by atoms with Gasteiger partial charge in [-0.3, -0.25) is 5.43 Å². The summed E-state index contributed by atoms with van der Waals surface area (Å²) in [7, 11) is 0. The number of benzene rings is 1. The summed E-state index contributed by atoms with van der Waals surface area (Å²) in [6.07, 6.45) is 0.896. The van der Waals surface area contributed by atoms with Gasteiger partial charge < -0.3 is 5.32 Å². The summed E-state index contributed by atoms with van der Waals surface area (Å²) in [5.74, 6) is -0.486. The zero-order valence-electron chi connectivity index (χ0n) is 8.81. The first-order valence-corrected chi connectivity index (χ1v) is 5.67. The molecule has 6 heteroatoms. The average molecular weight is 290 g/mol. The first kappa shape index (κ1) is 12.9. The molecule has 4 nitrogen and oxygen atoms in total. The molecule has 0 radical (unpaired) electrons. The summed E-state index contributed by atoms with van der Waals surface area (Å²) in [5, 5.41) is 2.39. The van der Waals surface area contributed by atoms with Crippen LogP contribution in [0.2, 0.25) is 0 Å².